The van der Waals surface area contributed by atoms with E-state index in [0.717, 1.165) is 6.07 Å². The number of hydrogen-bond acceptors (Lipinski definition) is 4. The first-order valence-electron chi connectivity index (χ1n) is 4.26. The van der Waals surface area contributed by atoms with Crippen LogP contribution in [0.4, 0.5) is 0 Å². The number of aromatic hydroxyl groups is 2. The van der Waals surface area contributed by atoms with E-state index >= 15 is 0 Å². The summed E-state index contributed by atoms with van der Waals surface area (Å²) in [5.41, 5.74) is 6.08. The molecular weight excluding hydrogens is 182 g/mol. The lowest BCUT2D eigenvalue weighted by Crippen LogP contribution is -2.26. The molecule has 0 saturated carbocycles. The van der Waals surface area contributed by atoms with Crippen molar-refractivity contribution in [1.29, 1.82) is 0 Å². The minimum atomic E-state index is -0.662. The number of rotatable bonds is 2. The first-order valence-corrected chi connectivity index (χ1v) is 4.26. The molecule has 0 aliphatic heterocycles. The highest BCUT2D eigenvalue weighted by molar-refractivity contribution is 6.02. The van der Waals surface area contributed by atoms with Crippen LogP contribution in [0.1, 0.15) is 22.8 Å². The van der Waals surface area contributed by atoms with E-state index in [1.54, 1.807) is 13.8 Å². The molecule has 4 N–H and O–H groups in total. The van der Waals surface area contributed by atoms with Gasteiger partial charge in [0.15, 0.2) is 5.78 Å². The van der Waals surface area contributed by atoms with Gasteiger partial charge in [-0.15, -0.1) is 0 Å². The lowest BCUT2D eigenvalue weighted by atomic mass is 10.0. The quantitative estimate of drug-likeness (QED) is 0.613. The number of carbonyl (C=O) groups is 1. The molecule has 0 aliphatic carbocycles. The van der Waals surface area contributed by atoms with Gasteiger partial charge in [-0.25, -0.2) is 0 Å². The Kier molecular flexibility index (Phi) is 2.76. The van der Waals surface area contributed by atoms with Crippen LogP contribution in [-0.4, -0.2) is 22.0 Å². The Morgan fingerprint density at radius 3 is 2.43 bits per heavy atom. The van der Waals surface area contributed by atoms with Crippen molar-refractivity contribution < 1.29 is 15.0 Å². The molecule has 0 fully saturated rings. The van der Waals surface area contributed by atoms with Crippen LogP contribution < -0.4 is 5.73 Å². The molecule has 0 radical (unpaired) electrons. The van der Waals surface area contributed by atoms with Gasteiger partial charge in [-0.1, -0.05) is 0 Å². The number of Topliss-reactive ketones (excluding diaryl/α,β-unsaturated/α-hetero) is 1. The summed E-state index contributed by atoms with van der Waals surface area (Å²) in [7, 11) is 0. The van der Waals surface area contributed by atoms with Crippen LogP contribution >= 0.6 is 0 Å². The van der Waals surface area contributed by atoms with Crippen LogP contribution in [0.5, 0.6) is 11.5 Å². The number of phenols is 2. The normalized spacial score (nSPS) is 12.5. The van der Waals surface area contributed by atoms with Crippen LogP contribution in [0.3, 0.4) is 0 Å². The number of phenolic OH excluding ortho intramolecular Hbond substituents is 2. The third-order valence-corrected chi connectivity index (χ3v) is 1.99. The first kappa shape index (κ1) is 10.5. The molecule has 0 heterocycles. The van der Waals surface area contributed by atoms with Crippen LogP contribution in [0.15, 0.2) is 12.1 Å². The number of nitrogens with two attached hydrogens (primary N) is 1. The fraction of sp³-hybridized carbons (Fsp3) is 0.300. The average molecular weight is 195 g/mol. The summed E-state index contributed by atoms with van der Waals surface area (Å²) in [6, 6.07) is 1.91. The number of benzene rings is 1. The Morgan fingerprint density at radius 2 is 1.93 bits per heavy atom. The highest BCUT2D eigenvalue weighted by Gasteiger charge is 2.16. The number of hydrogen-bond donors (Lipinski definition) is 3. The maximum Gasteiger partial charge on any atom is 0.182 e. The van der Waals surface area contributed by atoms with Gasteiger partial charge in [-0.3, -0.25) is 4.79 Å². The molecule has 14 heavy (non-hydrogen) atoms. The Hall–Kier alpha value is -1.55. The molecule has 0 saturated heterocycles. The predicted octanol–water partition coefficient (Wildman–Crippen LogP) is 0.936. The molecule has 0 amide bonds. The van der Waals surface area contributed by atoms with Crippen molar-refractivity contribution in [3.05, 3.63) is 23.3 Å². The minimum Gasteiger partial charge on any atom is -0.508 e. The van der Waals surface area contributed by atoms with Gasteiger partial charge in [0.1, 0.15) is 11.5 Å². The lowest BCUT2D eigenvalue weighted by molar-refractivity contribution is 0.0965. The van der Waals surface area contributed by atoms with Gasteiger partial charge in [0.05, 0.1) is 11.6 Å². The summed E-state index contributed by atoms with van der Waals surface area (Å²) in [4.78, 5) is 11.5. The van der Waals surface area contributed by atoms with Crippen molar-refractivity contribution in [3.63, 3.8) is 0 Å². The Labute approximate surface area is 82.0 Å². The van der Waals surface area contributed by atoms with E-state index in [-0.39, 0.29) is 22.8 Å². The third kappa shape index (κ3) is 1.85. The second-order valence-corrected chi connectivity index (χ2v) is 3.31. The van der Waals surface area contributed by atoms with Crippen molar-refractivity contribution in [1.82, 2.24) is 0 Å². The lowest BCUT2D eigenvalue weighted by Gasteiger charge is -2.08. The van der Waals surface area contributed by atoms with Gasteiger partial charge in [-0.2, -0.15) is 0 Å². The number of ketones is 1. The molecule has 1 unspecified atom stereocenters. The summed E-state index contributed by atoms with van der Waals surface area (Å²) < 4.78 is 0. The molecule has 1 atom stereocenters. The molecule has 0 aliphatic rings. The molecule has 4 nitrogen and oxygen atoms in total. The number of aryl methyl sites for hydroxylation is 1. The molecule has 0 bridgehead atoms. The Balaban J connectivity index is 3.22. The van der Waals surface area contributed by atoms with E-state index in [9.17, 15) is 15.0 Å². The van der Waals surface area contributed by atoms with Crippen molar-refractivity contribution in [2.45, 2.75) is 19.9 Å². The van der Waals surface area contributed by atoms with Crippen molar-refractivity contribution >= 4 is 5.78 Å². The third-order valence-electron chi connectivity index (χ3n) is 1.99. The number of carbonyl (C=O) groups excluding carboxylic acids is 1. The molecule has 1 rings (SSSR count). The zero-order valence-electron chi connectivity index (χ0n) is 8.11. The van der Waals surface area contributed by atoms with E-state index in [1.165, 1.54) is 6.07 Å². The van der Waals surface area contributed by atoms with Gasteiger partial charge in [0.2, 0.25) is 0 Å². The fourth-order valence-corrected chi connectivity index (χ4v) is 1.13. The van der Waals surface area contributed by atoms with E-state index in [2.05, 4.69) is 0 Å². The second-order valence-electron chi connectivity index (χ2n) is 3.31. The average Bonchev–Trinajstić information content (AvgIpc) is 2.10. The monoisotopic (exact) mass is 195 g/mol. The Morgan fingerprint density at radius 1 is 1.36 bits per heavy atom. The molecule has 4 heteroatoms. The van der Waals surface area contributed by atoms with Crippen molar-refractivity contribution in [2.24, 2.45) is 5.73 Å². The smallest absolute Gasteiger partial charge is 0.182 e. The summed E-state index contributed by atoms with van der Waals surface area (Å²) in [5.74, 6) is -0.621. The molecule has 1 aromatic carbocycles. The second kappa shape index (κ2) is 3.67. The fourth-order valence-electron chi connectivity index (χ4n) is 1.13. The van der Waals surface area contributed by atoms with Crippen LogP contribution in [0.25, 0.3) is 0 Å². The van der Waals surface area contributed by atoms with Gasteiger partial charge in [0.25, 0.3) is 0 Å². The van der Waals surface area contributed by atoms with Crippen LogP contribution in [0.2, 0.25) is 0 Å². The SMILES string of the molecule is Cc1cc(C(=O)C(C)N)c(O)cc1O. The summed E-state index contributed by atoms with van der Waals surface area (Å²) in [5, 5.41) is 18.6. The van der Waals surface area contributed by atoms with Crippen molar-refractivity contribution in [2.75, 3.05) is 0 Å². The highest BCUT2D eigenvalue weighted by atomic mass is 16.3. The van der Waals surface area contributed by atoms with Crippen molar-refractivity contribution in [3.8, 4) is 11.5 Å². The zero-order chi connectivity index (χ0) is 10.9. The van der Waals surface area contributed by atoms with Crippen LogP contribution in [0, 0.1) is 6.92 Å². The maximum absolute atomic E-state index is 11.5. The standard InChI is InChI=1S/C10H13NO3/c1-5-3-7(10(14)6(2)11)9(13)4-8(5)12/h3-4,6,12-13H,11H2,1-2H3. The van der Waals surface area contributed by atoms with Gasteiger partial charge < -0.3 is 15.9 Å². The molecule has 1 aromatic rings. The van der Waals surface area contributed by atoms with Gasteiger partial charge in [-0.05, 0) is 25.5 Å². The topological polar surface area (TPSA) is 83.6 Å². The van der Waals surface area contributed by atoms with E-state index in [1.807, 2.05) is 0 Å². The van der Waals surface area contributed by atoms with E-state index in [4.69, 9.17) is 5.73 Å². The molecule has 0 aromatic heterocycles. The van der Waals surface area contributed by atoms with E-state index in [0.29, 0.717) is 5.56 Å². The summed E-state index contributed by atoms with van der Waals surface area (Å²) in [6.07, 6.45) is 0. The minimum absolute atomic E-state index is 0.0382. The first-order chi connectivity index (χ1) is 6.43. The van der Waals surface area contributed by atoms with Gasteiger partial charge >= 0.3 is 0 Å². The molecule has 76 valence electrons. The maximum atomic E-state index is 11.5. The largest absolute Gasteiger partial charge is 0.508 e. The van der Waals surface area contributed by atoms with Gasteiger partial charge in [0, 0.05) is 6.07 Å². The van der Waals surface area contributed by atoms with E-state index < -0.39 is 6.04 Å². The zero-order valence-corrected chi connectivity index (χ0v) is 8.11. The summed E-state index contributed by atoms with van der Waals surface area (Å²) >= 11 is 0. The predicted molar refractivity (Wildman–Crippen MR) is 52.5 cm³/mol. The Bertz CT molecular complexity index is 372. The highest BCUT2D eigenvalue weighted by Crippen LogP contribution is 2.27. The molecule has 0 spiro atoms. The summed E-state index contributed by atoms with van der Waals surface area (Å²) in [6.45, 7) is 3.19. The van der Waals surface area contributed by atoms with Crippen LogP contribution in [-0.2, 0) is 0 Å². The molecular formula is C10H13NO3.